The lowest BCUT2D eigenvalue weighted by molar-refractivity contribution is 0.227. The van der Waals surface area contributed by atoms with Crippen molar-refractivity contribution < 1.29 is 9.84 Å². The van der Waals surface area contributed by atoms with E-state index in [-0.39, 0.29) is 6.61 Å². The zero-order valence-electron chi connectivity index (χ0n) is 11.8. The summed E-state index contributed by atoms with van der Waals surface area (Å²) in [6.45, 7) is 0.946. The van der Waals surface area contributed by atoms with E-state index in [1.807, 2.05) is 24.3 Å². The molecule has 0 aromatic heterocycles. The second-order valence-electron chi connectivity index (χ2n) is 5.68. The standard InChI is InChI=1S/C17H26O2/c18-13-15-9-11-17(12-10-15)19-14-16-7-5-3-1-2-4-6-8-16/h9-12,16,18H,1-8,13-14H2. The molecule has 1 N–H and O–H groups in total. The molecule has 0 amide bonds. The summed E-state index contributed by atoms with van der Waals surface area (Å²) in [6.07, 6.45) is 11.0. The molecule has 1 aromatic rings. The van der Waals surface area contributed by atoms with Gasteiger partial charge in [0.25, 0.3) is 0 Å². The van der Waals surface area contributed by atoms with Crippen molar-refractivity contribution in [3.05, 3.63) is 29.8 Å². The molecule has 2 rings (SSSR count). The van der Waals surface area contributed by atoms with Crippen molar-refractivity contribution in [2.45, 2.75) is 58.0 Å². The fourth-order valence-electron chi connectivity index (χ4n) is 2.79. The lowest BCUT2D eigenvalue weighted by Gasteiger charge is -2.16. The first kappa shape index (κ1) is 14.4. The van der Waals surface area contributed by atoms with Crippen LogP contribution in [0.1, 0.15) is 56.9 Å². The first-order chi connectivity index (χ1) is 9.38. The van der Waals surface area contributed by atoms with Crippen LogP contribution in [-0.2, 0) is 6.61 Å². The van der Waals surface area contributed by atoms with Crippen LogP contribution in [0.3, 0.4) is 0 Å². The highest BCUT2D eigenvalue weighted by Gasteiger charge is 2.11. The maximum atomic E-state index is 9.01. The Kier molecular flexibility index (Phi) is 6.22. The maximum absolute atomic E-state index is 9.01. The molecule has 1 aromatic carbocycles. The van der Waals surface area contributed by atoms with Gasteiger partial charge in [0.15, 0.2) is 0 Å². The number of hydrogen-bond donors (Lipinski definition) is 1. The van der Waals surface area contributed by atoms with E-state index in [4.69, 9.17) is 9.84 Å². The number of benzene rings is 1. The monoisotopic (exact) mass is 262 g/mol. The Bertz CT molecular complexity index is 335. The minimum absolute atomic E-state index is 0.100. The van der Waals surface area contributed by atoms with Gasteiger partial charge in [0.1, 0.15) is 5.75 Å². The van der Waals surface area contributed by atoms with Crippen molar-refractivity contribution in [1.29, 1.82) is 0 Å². The fraction of sp³-hybridized carbons (Fsp3) is 0.647. The first-order valence-corrected chi connectivity index (χ1v) is 7.71. The van der Waals surface area contributed by atoms with Crippen LogP contribution in [0, 0.1) is 5.92 Å². The van der Waals surface area contributed by atoms with Gasteiger partial charge in [-0.25, -0.2) is 0 Å². The van der Waals surface area contributed by atoms with Crippen molar-refractivity contribution in [2.24, 2.45) is 5.92 Å². The largest absolute Gasteiger partial charge is 0.493 e. The lowest BCUT2D eigenvalue weighted by atomic mass is 9.98. The fourth-order valence-corrected chi connectivity index (χ4v) is 2.79. The van der Waals surface area contributed by atoms with Gasteiger partial charge in [-0.1, -0.05) is 50.7 Å². The summed E-state index contributed by atoms with van der Waals surface area (Å²) in [5.74, 6) is 1.65. The minimum Gasteiger partial charge on any atom is -0.493 e. The quantitative estimate of drug-likeness (QED) is 0.876. The molecule has 1 aliphatic rings. The molecule has 0 bridgehead atoms. The van der Waals surface area contributed by atoms with E-state index < -0.39 is 0 Å². The Morgan fingerprint density at radius 3 is 2.05 bits per heavy atom. The molecule has 0 heterocycles. The Balaban J connectivity index is 1.78. The molecule has 2 nitrogen and oxygen atoms in total. The van der Waals surface area contributed by atoms with Crippen LogP contribution >= 0.6 is 0 Å². The highest BCUT2D eigenvalue weighted by molar-refractivity contribution is 5.26. The second kappa shape index (κ2) is 8.21. The summed E-state index contributed by atoms with van der Waals surface area (Å²) in [5, 5.41) is 9.01. The number of aliphatic hydroxyl groups excluding tert-OH is 1. The van der Waals surface area contributed by atoms with Crippen LogP contribution in [0.5, 0.6) is 5.75 Å². The van der Waals surface area contributed by atoms with Crippen molar-refractivity contribution in [2.75, 3.05) is 6.61 Å². The van der Waals surface area contributed by atoms with Crippen LogP contribution in [0.4, 0.5) is 0 Å². The molecule has 2 heteroatoms. The summed E-state index contributed by atoms with van der Waals surface area (Å²) in [4.78, 5) is 0. The van der Waals surface area contributed by atoms with E-state index in [1.54, 1.807) is 0 Å². The molecule has 0 saturated heterocycles. The first-order valence-electron chi connectivity index (χ1n) is 7.71. The third-order valence-corrected chi connectivity index (χ3v) is 4.07. The molecule has 1 aliphatic carbocycles. The predicted octanol–water partition coefficient (Wildman–Crippen LogP) is 4.31. The van der Waals surface area contributed by atoms with Gasteiger partial charge in [-0.2, -0.15) is 0 Å². The van der Waals surface area contributed by atoms with Gasteiger partial charge in [0.05, 0.1) is 13.2 Å². The number of ether oxygens (including phenoxy) is 1. The molecule has 0 aliphatic heterocycles. The summed E-state index contributed by atoms with van der Waals surface area (Å²) >= 11 is 0. The second-order valence-corrected chi connectivity index (χ2v) is 5.68. The van der Waals surface area contributed by atoms with Gasteiger partial charge in [0, 0.05) is 0 Å². The van der Waals surface area contributed by atoms with Gasteiger partial charge in [-0.3, -0.25) is 0 Å². The zero-order valence-corrected chi connectivity index (χ0v) is 11.8. The molecular weight excluding hydrogens is 236 g/mol. The lowest BCUT2D eigenvalue weighted by Crippen LogP contribution is -2.12. The molecule has 106 valence electrons. The van der Waals surface area contributed by atoms with Crippen molar-refractivity contribution in [3.63, 3.8) is 0 Å². The van der Waals surface area contributed by atoms with E-state index >= 15 is 0 Å². The van der Waals surface area contributed by atoms with Crippen LogP contribution < -0.4 is 4.74 Å². The Hall–Kier alpha value is -1.02. The Morgan fingerprint density at radius 1 is 0.895 bits per heavy atom. The molecule has 19 heavy (non-hydrogen) atoms. The highest BCUT2D eigenvalue weighted by atomic mass is 16.5. The Morgan fingerprint density at radius 2 is 1.47 bits per heavy atom. The Labute approximate surface area is 116 Å². The van der Waals surface area contributed by atoms with Crippen LogP contribution in [0.15, 0.2) is 24.3 Å². The normalized spacial score (nSPS) is 18.4. The van der Waals surface area contributed by atoms with Crippen molar-refractivity contribution in [3.8, 4) is 5.75 Å². The van der Waals surface area contributed by atoms with Gasteiger partial charge in [-0.15, -0.1) is 0 Å². The molecule has 0 unspecified atom stereocenters. The number of aliphatic hydroxyl groups is 1. The maximum Gasteiger partial charge on any atom is 0.119 e. The average molecular weight is 262 g/mol. The third-order valence-electron chi connectivity index (χ3n) is 4.07. The summed E-state index contributed by atoms with van der Waals surface area (Å²) in [5.41, 5.74) is 0.940. The molecule has 0 atom stereocenters. The van der Waals surface area contributed by atoms with Gasteiger partial charge in [0.2, 0.25) is 0 Å². The van der Waals surface area contributed by atoms with Crippen molar-refractivity contribution in [1.82, 2.24) is 0 Å². The number of hydrogen-bond acceptors (Lipinski definition) is 2. The van der Waals surface area contributed by atoms with E-state index in [0.717, 1.165) is 23.8 Å². The van der Waals surface area contributed by atoms with Crippen molar-refractivity contribution >= 4 is 0 Å². The van der Waals surface area contributed by atoms with E-state index in [9.17, 15) is 0 Å². The summed E-state index contributed by atoms with van der Waals surface area (Å²) < 4.78 is 5.90. The van der Waals surface area contributed by atoms with Crippen LogP contribution in [0.25, 0.3) is 0 Å². The molecular formula is C17H26O2. The summed E-state index contributed by atoms with van der Waals surface area (Å²) in [6, 6.07) is 7.78. The SMILES string of the molecule is OCc1ccc(OCC2CCCCCCCC2)cc1. The molecule has 1 saturated carbocycles. The summed E-state index contributed by atoms with van der Waals surface area (Å²) in [7, 11) is 0. The van der Waals surface area contributed by atoms with E-state index in [0.29, 0.717) is 0 Å². The van der Waals surface area contributed by atoms with E-state index in [2.05, 4.69) is 0 Å². The van der Waals surface area contributed by atoms with Crippen LogP contribution in [-0.4, -0.2) is 11.7 Å². The molecule has 0 spiro atoms. The van der Waals surface area contributed by atoms with E-state index in [1.165, 1.54) is 51.4 Å². The molecule has 0 radical (unpaired) electrons. The smallest absolute Gasteiger partial charge is 0.119 e. The predicted molar refractivity (Wildman–Crippen MR) is 78.3 cm³/mol. The molecule has 1 fully saturated rings. The van der Waals surface area contributed by atoms with Gasteiger partial charge >= 0.3 is 0 Å². The van der Waals surface area contributed by atoms with Gasteiger partial charge < -0.3 is 9.84 Å². The zero-order chi connectivity index (χ0) is 13.3. The third kappa shape index (κ3) is 5.23. The average Bonchev–Trinajstić information content (AvgIpc) is 2.59. The van der Waals surface area contributed by atoms with Gasteiger partial charge in [-0.05, 0) is 36.5 Å². The number of rotatable bonds is 4. The minimum atomic E-state index is 0.100. The topological polar surface area (TPSA) is 29.5 Å². The van der Waals surface area contributed by atoms with Crippen LogP contribution in [0.2, 0.25) is 0 Å². The highest BCUT2D eigenvalue weighted by Crippen LogP contribution is 2.23.